The summed E-state index contributed by atoms with van der Waals surface area (Å²) in [5.41, 5.74) is 0.172. The average molecular weight is 344 g/mol. The lowest BCUT2D eigenvalue weighted by Crippen LogP contribution is -2.46. The van der Waals surface area contributed by atoms with Gasteiger partial charge in [-0.1, -0.05) is 6.07 Å². The maximum absolute atomic E-state index is 11.1. The van der Waals surface area contributed by atoms with Gasteiger partial charge in [0, 0.05) is 31.0 Å². The van der Waals surface area contributed by atoms with Crippen molar-refractivity contribution in [3.63, 3.8) is 0 Å². The molecule has 1 aliphatic rings. The summed E-state index contributed by atoms with van der Waals surface area (Å²) >= 11 is 0. The zero-order valence-corrected chi connectivity index (χ0v) is 13.7. The predicted molar refractivity (Wildman–Crippen MR) is 81.5 cm³/mol. The van der Waals surface area contributed by atoms with Crippen LogP contribution in [0.15, 0.2) is 24.5 Å². The third kappa shape index (κ3) is 4.88. The number of hydrogen-bond donors (Lipinski definition) is 1. The van der Waals surface area contributed by atoms with Crippen molar-refractivity contribution in [3.8, 4) is 0 Å². The van der Waals surface area contributed by atoms with Crippen molar-refractivity contribution in [3.05, 3.63) is 30.1 Å². The van der Waals surface area contributed by atoms with Crippen LogP contribution in [0.4, 0.5) is 4.79 Å². The lowest BCUT2D eigenvalue weighted by atomic mass is 9.85. The van der Waals surface area contributed by atoms with E-state index in [1.54, 1.807) is 18.5 Å². The molecule has 0 saturated carbocycles. The van der Waals surface area contributed by atoms with E-state index in [9.17, 15) is 13.2 Å². The molecular formula is C14H20N2O6S. The SMILES string of the molecule is CS(=O)(=O)OCCOC1(c2cccnc2)CCN(C(=O)O)CC1. The molecule has 0 spiro atoms. The molecule has 1 fully saturated rings. The van der Waals surface area contributed by atoms with Crippen molar-refractivity contribution in [1.29, 1.82) is 0 Å². The first kappa shape index (κ1) is 17.6. The summed E-state index contributed by atoms with van der Waals surface area (Å²) in [5, 5.41) is 9.07. The fourth-order valence-electron chi connectivity index (χ4n) is 2.63. The van der Waals surface area contributed by atoms with Crippen molar-refractivity contribution in [2.24, 2.45) is 0 Å². The van der Waals surface area contributed by atoms with Crippen LogP contribution in [-0.2, 0) is 24.6 Å². The molecule has 128 valence electrons. The molecule has 2 rings (SSSR count). The van der Waals surface area contributed by atoms with Gasteiger partial charge in [-0.2, -0.15) is 8.42 Å². The lowest BCUT2D eigenvalue weighted by molar-refractivity contribution is -0.0929. The maximum Gasteiger partial charge on any atom is 0.407 e. The minimum absolute atomic E-state index is 0.0799. The second-order valence-electron chi connectivity index (χ2n) is 5.38. The van der Waals surface area contributed by atoms with E-state index in [1.807, 2.05) is 6.07 Å². The van der Waals surface area contributed by atoms with Crippen molar-refractivity contribution in [2.45, 2.75) is 18.4 Å². The fourth-order valence-corrected chi connectivity index (χ4v) is 3.00. The minimum Gasteiger partial charge on any atom is -0.465 e. The number of ether oxygens (including phenoxy) is 1. The topological polar surface area (TPSA) is 106 Å². The summed E-state index contributed by atoms with van der Waals surface area (Å²) in [6.45, 7) is 0.701. The highest BCUT2D eigenvalue weighted by molar-refractivity contribution is 7.85. The average Bonchev–Trinajstić information content (AvgIpc) is 2.52. The summed E-state index contributed by atoms with van der Waals surface area (Å²) < 4.78 is 32.6. The molecule has 1 saturated heterocycles. The Morgan fingerprint density at radius 3 is 2.61 bits per heavy atom. The number of hydrogen-bond acceptors (Lipinski definition) is 6. The smallest absolute Gasteiger partial charge is 0.407 e. The molecule has 9 heteroatoms. The number of nitrogens with zero attached hydrogens (tertiary/aromatic N) is 2. The Kier molecular flexibility index (Phi) is 5.55. The van der Waals surface area contributed by atoms with E-state index in [-0.39, 0.29) is 13.2 Å². The molecule has 1 amide bonds. The van der Waals surface area contributed by atoms with Gasteiger partial charge in [0.15, 0.2) is 0 Å². The second kappa shape index (κ2) is 7.24. The van der Waals surface area contributed by atoms with Gasteiger partial charge in [0.05, 0.1) is 25.1 Å². The molecule has 23 heavy (non-hydrogen) atoms. The first-order valence-electron chi connectivity index (χ1n) is 7.19. The molecule has 0 aromatic carbocycles. The van der Waals surface area contributed by atoms with E-state index < -0.39 is 21.8 Å². The van der Waals surface area contributed by atoms with Gasteiger partial charge in [-0.3, -0.25) is 9.17 Å². The summed E-state index contributed by atoms with van der Waals surface area (Å²) in [6.07, 6.45) is 4.32. The highest BCUT2D eigenvalue weighted by Crippen LogP contribution is 2.36. The van der Waals surface area contributed by atoms with Gasteiger partial charge in [0.25, 0.3) is 10.1 Å². The van der Waals surface area contributed by atoms with Crippen LogP contribution in [0.5, 0.6) is 0 Å². The van der Waals surface area contributed by atoms with Crippen LogP contribution in [-0.4, -0.2) is 62.1 Å². The van der Waals surface area contributed by atoms with Crippen LogP contribution in [0.3, 0.4) is 0 Å². The zero-order valence-electron chi connectivity index (χ0n) is 12.8. The monoisotopic (exact) mass is 344 g/mol. The predicted octanol–water partition coefficient (Wildman–Crippen LogP) is 1.04. The Labute approximate surface area is 135 Å². The quantitative estimate of drug-likeness (QED) is 0.607. The summed E-state index contributed by atoms with van der Waals surface area (Å²) in [4.78, 5) is 16.5. The van der Waals surface area contributed by atoms with Crippen LogP contribution in [0.1, 0.15) is 18.4 Å². The van der Waals surface area contributed by atoms with Crippen LogP contribution < -0.4 is 0 Å². The Hall–Kier alpha value is -1.71. The van der Waals surface area contributed by atoms with Crippen LogP contribution >= 0.6 is 0 Å². The minimum atomic E-state index is -3.51. The summed E-state index contributed by atoms with van der Waals surface area (Å²) in [6, 6.07) is 3.66. The Morgan fingerprint density at radius 1 is 1.39 bits per heavy atom. The third-order valence-electron chi connectivity index (χ3n) is 3.79. The van der Waals surface area contributed by atoms with Gasteiger partial charge in [-0.25, -0.2) is 4.79 Å². The van der Waals surface area contributed by atoms with Crippen molar-refractivity contribution >= 4 is 16.2 Å². The molecule has 0 aliphatic carbocycles. The van der Waals surface area contributed by atoms with Gasteiger partial charge >= 0.3 is 6.09 Å². The molecule has 1 aromatic rings. The lowest BCUT2D eigenvalue weighted by Gasteiger charge is -2.41. The van der Waals surface area contributed by atoms with E-state index in [4.69, 9.17) is 9.84 Å². The normalized spacial score (nSPS) is 17.9. The van der Waals surface area contributed by atoms with Gasteiger partial charge in [-0.05, 0) is 18.9 Å². The molecule has 1 aromatic heterocycles. The van der Waals surface area contributed by atoms with E-state index in [0.29, 0.717) is 25.9 Å². The van der Waals surface area contributed by atoms with Crippen molar-refractivity contribution in [2.75, 3.05) is 32.6 Å². The Balaban J connectivity index is 2.06. The van der Waals surface area contributed by atoms with E-state index in [0.717, 1.165) is 11.8 Å². The highest BCUT2D eigenvalue weighted by Gasteiger charge is 2.38. The molecule has 8 nitrogen and oxygen atoms in total. The highest BCUT2D eigenvalue weighted by atomic mass is 32.2. The number of likely N-dealkylation sites (tertiary alicyclic amines) is 1. The molecule has 1 aliphatic heterocycles. The Bertz CT molecular complexity index is 626. The number of carbonyl (C=O) groups is 1. The molecule has 1 N–H and O–H groups in total. The largest absolute Gasteiger partial charge is 0.465 e. The first-order valence-corrected chi connectivity index (χ1v) is 9.01. The number of amides is 1. The Morgan fingerprint density at radius 2 is 2.09 bits per heavy atom. The first-order chi connectivity index (χ1) is 10.8. The van der Waals surface area contributed by atoms with Gasteiger partial charge in [0.1, 0.15) is 0 Å². The number of carboxylic acid groups (broad SMARTS) is 1. The van der Waals surface area contributed by atoms with Crippen LogP contribution in [0.25, 0.3) is 0 Å². The van der Waals surface area contributed by atoms with Crippen LogP contribution in [0, 0.1) is 0 Å². The van der Waals surface area contributed by atoms with Crippen LogP contribution in [0.2, 0.25) is 0 Å². The van der Waals surface area contributed by atoms with E-state index in [1.165, 1.54) is 4.90 Å². The van der Waals surface area contributed by atoms with Gasteiger partial charge in [0.2, 0.25) is 0 Å². The number of aromatic nitrogens is 1. The van der Waals surface area contributed by atoms with E-state index >= 15 is 0 Å². The molecule has 0 atom stereocenters. The molecule has 0 radical (unpaired) electrons. The van der Waals surface area contributed by atoms with Crippen molar-refractivity contribution < 1.29 is 27.2 Å². The zero-order chi connectivity index (χ0) is 16.9. The van der Waals surface area contributed by atoms with Gasteiger partial charge < -0.3 is 14.7 Å². The third-order valence-corrected chi connectivity index (χ3v) is 4.38. The maximum atomic E-state index is 11.1. The number of piperidine rings is 1. The van der Waals surface area contributed by atoms with Crippen molar-refractivity contribution in [1.82, 2.24) is 9.88 Å². The summed E-state index contributed by atoms with van der Waals surface area (Å²) in [7, 11) is -3.51. The molecule has 0 unspecified atom stereocenters. The molecule has 0 bridgehead atoms. The molecular weight excluding hydrogens is 324 g/mol. The van der Waals surface area contributed by atoms with E-state index in [2.05, 4.69) is 9.17 Å². The fraction of sp³-hybridized carbons (Fsp3) is 0.571. The number of pyridine rings is 1. The van der Waals surface area contributed by atoms with Gasteiger partial charge in [-0.15, -0.1) is 0 Å². The second-order valence-corrected chi connectivity index (χ2v) is 7.02. The standard InChI is InChI=1S/C14H20N2O6S/c1-23(19,20)22-10-9-21-14(12-3-2-6-15-11-12)4-7-16(8-5-14)13(17)18/h2-3,6,11H,4-5,7-10H2,1H3,(H,17,18). The summed E-state index contributed by atoms with van der Waals surface area (Å²) in [5.74, 6) is 0. The number of rotatable bonds is 6. The molecule has 2 heterocycles.